The van der Waals surface area contributed by atoms with Crippen molar-refractivity contribution in [1.29, 1.82) is 0 Å². The maximum atomic E-state index is 11.1. The van der Waals surface area contributed by atoms with E-state index in [2.05, 4.69) is 11.9 Å². The summed E-state index contributed by atoms with van der Waals surface area (Å²) in [6.07, 6.45) is 0.871. The van der Waals surface area contributed by atoms with Crippen LogP contribution in [0.1, 0.15) is 13.3 Å². The molecule has 0 aromatic carbocycles. The second kappa shape index (κ2) is 10.1. The summed E-state index contributed by atoms with van der Waals surface area (Å²) >= 11 is 0. The number of hydrogen-bond acceptors (Lipinski definition) is 6. The van der Waals surface area contributed by atoms with E-state index >= 15 is 0 Å². The predicted molar refractivity (Wildman–Crippen MR) is 74.8 cm³/mol. The number of rotatable bonds is 11. The highest BCUT2D eigenvalue weighted by Crippen LogP contribution is 2.14. The smallest absolute Gasteiger partial charge is 0.461 e. The Morgan fingerprint density at radius 1 is 1.16 bits per heavy atom. The first-order chi connectivity index (χ1) is 9.01. The molecule has 0 heterocycles. The molecule has 112 valence electrons. The molecule has 0 saturated heterocycles. The van der Waals surface area contributed by atoms with Gasteiger partial charge in [0.05, 0.1) is 0 Å². The lowest BCUT2D eigenvalue weighted by Crippen LogP contribution is -2.43. The predicted octanol–water partition coefficient (Wildman–Crippen LogP) is 0.964. The summed E-state index contributed by atoms with van der Waals surface area (Å²) in [6, 6.07) is 0.745. The molecule has 0 atom stereocenters. The molecule has 0 spiro atoms. The largest absolute Gasteiger partial charge is 0.500 e. The van der Waals surface area contributed by atoms with Crippen LogP contribution in [0, 0.1) is 0 Å². The Hall–Kier alpha value is -0.733. The van der Waals surface area contributed by atoms with E-state index in [1.54, 1.807) is 28.3 Å². The van der Waals surface area contributed by atoms with Crippen molar-refractivity contribution in [2.24, 2.45) is 0 Å². The van der Waals surface area contributed by atoms with Crippen molar-refractivity contribution >= 4 is 14.8 Å². The van der Waals surface area contributed by atoms with Gasteiger partial charge >= 0.3 is 14.8 Å². The molecule has 0 amide bonds. The molecule has 0 aliphatic rings. The van der Waals surface area contributed by atoms with E-state index in [0.717, 1.165) is 19.0 Å². The van der Waals surface area contributed by atoms with E-state index in [0.29, 0.717) is 18.7 Å². The average Bonchev–Trinajstić information content (AvgIpc) is 2.42. The van der Waals surface area contributed by atoms with Crippen molar-refractivity contribution in [2.75, 3.05) is 41.0 Å². The summed E-state index contributed by atoms with van der Waals surface area (Å²) in [7, 11) is 2.35. The maximum Gasteiger partial charge on any atom is 0.500 e. The standard InChI is InChI=1S/C12H25NO5Si/c1-11(2)12(14)18-9-8-13-7-6-10-19(15-3,16-4)17-5/h13H,1,6-10H2,2-5H3. The minimum atomic E-state index is -2.46. The highest BCUT2D eigenvalue weighted by Gasteiger charge is 2.36. The molecule has 0 radical (unpaired) electrons. The van der Waals surface area contributed by atoms with Crippen LogP contribution < -0.4 is 5.32 Å². The van der Waals surface area contributed by atoms with Gasteiger partial charge in [0, 0.05) is 39.5 Å². The van der Waals surface area contributed by atoms with Crippen molar-refractivity contribution < 1.29 is 22.8 Å². The Morgan fingerprint density at radius 2 is 1.74 bits per heavy atom. The monoisotopic (exact) mass is 291 g/mol. The van der Waals surface area contributed by atoms with Gasteiger partial charge < -0.3 is 23.3 Å². The number of carbonyl (C=O) groups is 1. The molecule has 0 bridgehead atoms. The van der Waals surface area contributed by atoms with Crippen LogP contribution in [0.15, 0.2) is 12.2 Å². The van der Waals surface area contributed by atoms with Crippen molar-refractivity contribution in [1.82, 2.24) is 5.32 Å². The minimum absolute atomic E-state index is 0.340. The summed E-state index contributed by atoms with van der Waals surface area (Å²) in [6.45, 7) is 6.87. The zero-order valence-corrected chi connectivity index (χ0v) is 13.3. The SMILES string of the molecule is C=C(C)C(=O)OCCNCCC[Si](OC)(OC)OC. The second-order valence-electron chi connectivity index (χ2n) is 4.07. The highest BCUT2D eigenvalue weighted by molar-refractivity contribution is 6.60. The molecular formula is C12H25NO5Si. The summed E-state index contributed by atoms with van der Waals surface area (Å²) in [5, 5.41) is 3.17. The average molecular weight is 291 g/mol. The first-order valence-corrected chi connectivity index (χ1v) is 8.13. The van der Waals surface area contributed by atoms with Crippen molar-refractivity contribution in [2.45, 2.75) is 19.4 Å². The molecule has 0 unspecified atom stereocenters. The van der Waals surface area contributed by atoms with Gasteiger partial charge in [0.25, 0.3) is 0 Å². The van der Waals surface area contributed by atoms with Gasteiger partial charge in [-0.15, -0.1) is 0 Å². The first kappa shape index (κ1) is 18.3. The van der Waals surface area contributed by atoms with E-state index < -0.39 is 8.80 Å². The van der Waals surface area contributed by atoms with Crippen LogP contribution in [0.3, 0.4) is 0 Å². The third kappa shape index (κ3) is 7.43. The van der Waals surface area contributed by atoms with E-state index in [1.807, 2.05) is 0 Å². The fourth-order valence-electron chi connectivity index (χ4n) is 1.45. The van der Waals surface area contributed by atoms with Gasteiger partial charge in [-0.25, -0.2) is 4.79 Å². The maximum absolute atomic E-state index is 11.1. The molecule has 0 aromatic heterocycles. The Kier molecular flexibility index (Phi) is 9.71. The zero-order valence-electron chi connectivity index (χ0n) is 12.3. The number of nitrogens with one attached hydrogen (secondary N) is 1. The fraction of sp³-hybridized carbons (Fsp3) is 0.750. The van der Waals surface area contributed by atoms with Gasteiger partial charge in [-0.05, 0) is 19.9 Å². The van der Waals surface area contributed by atoms with Crippen molar-refractivity contribution in [3.63, 3.8) is 0 Å². The van der Waals surface area contributed by atoms with Crippen LogP contribution in [0.5, 0.6) is 0 Å². The van der Waals surface area contributed by atoms with E-state index in [1.165, 1.54) is 0 Å². The molecule has 0 aromatic rings. The van der Waals surface area contributed by atoms with Crippen LogP contribution in [-0.4, -0.2) is 55.8 Å². The molecule has 0 aliphatic carbocycles. The van der Waals surface area contributed by atoms with Crippen LogP contribution in [0.25, 0.3) is 0 Å². The fourth-order valence-corrected chi connectivity index (χ4v) is 3.17. The van der Waals surface area contributed by atoms with Crippen LogP contribution in [-0.2, 0) is 22.8 Å². The van der Waals surface area contributed by atoms with E-state index in [4.69, 9.17) is 18.0 Å². The second-order valence-corrected chi connectivity index (χ2v) is 7.16. The quantitative estimate of drug-likeness (QED) is 0.265. The Balaban J connectivity index is 3.60. The lowest BCUT2D eigenvalue weighted by molar-refractivity contribution is -0.138. The third-order valence-corrected chi connectivity index (χ3v) is 5.46. The van der Waals surface area contributed by atoms with Crippen LogP contribution in [0.4, 0.5) is 0 Å². The first-order valence-electron chi connectivity index (χ1n) is 6.20. The molecule has 0 fully saturated rings. The number of ether oxygens (including phenoxy) is 1. The Bertz CT molecular complexity index is 273. The Labute approximate surface area is 116 Å². The zero-order chi connectivity index (χ0) is 14.7. The van der Waals surface area contributed by atoms with Crippen LogP contribution >= 0.6 is 0 Å². The van der Waals surface area contributed by atoms with Crippen LogP contribution in [0.2, 0.25) is 6.04 Å². The van der Waals surface area contributed by atoms with E-state index in [9.17, 15) is 4.79 Å². The van der Waals surface area contributed by atoms with Gasteiger partial charge in [0.15, 0.2) is 0 Å². The number of esters is 1. The third-order valence-electron chi connectivity index (χ3n) is 2.63. The van der Waals surface area contributed by atoms with E-state index in [-0.39, 0.29) is 5.97 Å². The summed E-state index contributed by atoms with van der Waals surface area (Å²) in [4.78, 5) is 11.1. The summed E-state index contributed by atoms with van der Waals surface area (Å²) in [5.41, 5.74) is 0.413. The summed E-state index contributed by atoms with van der Waals surface area (Å²) < 4.78 is 20.9. The molecular weight excluding hydrogens is 266 g/mol. The lowest BCUT2D eigenvalue weighted by Gasteiger charge is -2.24. The topological polar surface area (TPSA) is 66.0 Å². The van der Waals surface area contributed by atoms with Crippen molar-refractivity contribution in [3.8, 4) is 0 Å². The minimum Gasteiger partial charge on any atom is -0.461 e. The normalized spacial score (nSPS) is 11.4. The summed E-state index contributed by atoms with van der Waals surface area (Å²) in [5.74, 6) is -0.355. The molecule has 0 saturated carbocycles. The Morgan fingerprint density at radius 3 is 2.21 bits per heavy atom. The molecule has 0 rings (SSSR count). The molecule has 7 heteroatoms. The number of carbonyl (C=O) groups excluding carboxylic acids is 1. The van der Waals surface area contributed by atoms with Gasteiger partial charge in [0.1, 0.15) is 6.61 Å². The molecule has 1 N–H and O–H groups in total. The van der Waals surface area contributed by atoms with Gasteiger partial charge in [-0.1, -0.05) is 6.58 Å². The molecule has 19 heavy (non-hydrogen) atoms. The van der Waals surface area contributed by atoms with Gasteiger partial charge in [-0.2, -0.15) is 0 Å². The van der Waals surface area contributed by atoms with Gasteiger partial charge in [-0.3, -0.25) is 0 Å². The molecule has 6 nitrogen and oxygen atoms in total. The highest BCUT2D eigenvalue weighted by atomic mass is 28.4. The van der Waals surface area contributed by atoms with Crippen molar-refractivity contribution in [3.05, 3.63) is 12.2 Å². The number of hydrogen-bond donors (Lipinski definition) is 1. The van der Waals surface area contributed by atoms with Gasteiger partial charge in [0.2, 0.25) is 0 Å². The molecule has 0 aliphatic heterocycles. The lowest BCUT2D eigenvalue weighted by atomic mass is 10.4.